The Kier molecular flexibility index (Phi) is 3.11. The number of fused-ring (bicyclic) bond motifs is 3. The largest absolute Gasteiger partial charge is 0.325 e. The second kappa shape index (κ2) is 4.65. The molecule has 0 bridgehead atoms. The quantitative estimate of drug-likeness (QED) is 0.776. The second-order valence-corrected chi connectivity index (χ2v) is 5.85. The van der Waals surface area contributed by atoms with Gasteiger partial charge in [-0.15, -0.1) is 0 Å². The molecule has 0 unspecified atom stereocenters. The number of aromatic nitrogens is 3. The van der Waals surface area contributed by atoms with Crippen LogP contribution in [-0.4, -0.2) is 21.4 Å². The number of nitrogens with one attached hydrogen (secondary N) is 2. The summed E-state index contributed by atoms with van der Waals surface area (Å²) in [7, 11) is 1.94. The van der Waals surface area contributed by atoms with E-state index < -0.39 is 0 Å². The van der Waals surface area contributed by atoms with Gasteiger partial charge >= 0.3 is 0 Å². The number of hydrogen-bond donors (Lipinski definition) is 2. The number of benzene rings is 1. The molecule has 0 spiro atoms. The molecule has 100 valence electrons. The summed E-state index contributed by atoms with van der Waals surface area (Å²) in [6, 6.07) is 6.47. The van der Waals surface area contributed by atoms with E-state index in [1.807, 2.05) is 7.05 Å². The van der Waals surface area contributed by atoms with E-state index in [1.165, 1.54) is 5.56 Å². The number of H-pyrrole nitrogens is 1. The summed E-state index contributed by atoms with van der Waals surface area (Å²) in [6.07, 6.45) is 0. The van der Waals surface area contributed by atoms with Crippen molar-refractivity contribution in [2.45, 2.75) is 26.3 Å². The maximum Gasteiger partial charge on any atom is 0.213 e. The topological polar surface area (TPSA) is 45.1 Å². The Hall–Kier alpha value is -1.33. The number of aromatic amines is 1. The zero-order valence-electron chi connectivity index (χ0n) is 11.3. The van der Waals surface area contributed by atoms with Crippen molar-refractivity contribution in [1.82, 2.24) is 19.7 Å². The lowest BCUT2D eigenvalue weighted by Crippen LogP contribution is -2.05. The molecule has 0 amide bonds. The smallest absolute Gasteiger partial charge is 0.213 e. The molecule has 4 nitrogen and oxygen atoms in total. The van der Waals surface area contributed by atoms with E-state index in [2.05, 4.69) is 67.7 Å². The summed E-state index contributed by atoms with van der Waals surface area (Å²) in [4.78, 5) is 7.97. The van der Waals surface area contributed by atoms with Crippen LogP contribution in [0.4, 0.5) is 0 Å². The Morgan fingerprint density at radius 3 is 2.89 bits per heavy atom. The van der Waals surface area contributed by atoms with Crippen LogP contribution in [0.5, 0.6) is 0 Å². The van der Waals surface area contributed by atoms with E-state index in [0.717, 1.165) is 33.7 Å². The summed E-state index contributed by atoms with van der Waals surface area (Å²) in [6.45, 7) is 5.20. The minimum Gasteiger partial charge on any atom is -0.325 e. The summed E-state index contributed by atoms with van der Waals surface area (Å²) in [5.41, 5.74) is 4.61. The van der Waals surface area contributed by atoms with Crippen LogP contribution in [0.15, 0.2) is 22.8 Å². The van der Waals surface area contributed by atoms with Gasteiger partial charge in [-0.25, -0.2) is 4.98 Å². The van der Waals surface area contributed by atoms with Crippen molar-refractivity contribution in [3.8, 4) is 0 Å². The van der Waals surface area contributed by atoms with Crippen LogP contribution < -0.4 is 5.32 Å². The third kappa shape index (κ3) is 1.97. The molecule has 2 heterocycles. The van der Waals surface area contributed by atoms with Crippen molar-refractivity contribution >= 4 is 32.7 Å². The fourth-order valence-electron chi connectivity index (χ4n) is 2.35. The van der Waals surface area contributed by atoms with E-state index in [-0.39, 0.29) is 0 Å². The monoisotopic (exact) mass is 320 g/mol. The molecule has 0 aliphatic carbocycles. The van der Waals surface area contributed by atoms with Crippen LogP contribution in [0.2, 0.25) is 0 Å². The molecule has 0 atom stereocenters. The van der Waals surface area contributed by atoms with Crippen molar-refractivity contribution in [3.63, 3.8) is 0 Å². The first-order valence-electron chi connectivity index (χ1n) is 6.45. The van der Waals surface area contributed by atoms with Crippen molar-refractivity contribution < 1.29 is 0 Å². The lowest BCUT2D eigenvalue weighted by molar-refractivity contribution is 0.793. The lowest BCUT2D eigenvalue weighted by Gasteiger charge is -2.05. The van der Waals surface area contributed by atoms with E-state index in [1.54, 1.807) is 0 Å². The Morgan fingerprint density at radius 1 is 1.42 bits per heavy atom. The fraction of sp³-hybridized carbons (Fsp3) is 0.357. The molecule has 2 aromatic heterocycles. The zero-order valence-corrected chi connectivity index (χ0v) is 12.9. The van der Waals surface area contributed by atoms with Gasteiger partial charge in [0.25, 0.3) is 0 Å². The molecule has 3 rings (SSSR count). The number of rotatable bonds is 3. The van der Waals surface area contributed by atoms with Gasteiger partial charge in [0.1, 0.15) is 4.60 Å². The van der Waals surface area contributed by atoms with Crippen LogP contribution in [-0.2, 0) is 6.54 Å². The first-order valence-corrected chi connectivity index (χ1v) is 7.24. The van der Waals surface area contributed by atoms with Crippen molar-refractivity contribution in [2.24, 2.45) is 0 Å². The Bertz CT molecular complexity index is 739. The summed E-state index contributed by atoms with van der Waals surface area (Å²) in [5, 5.41) is 3.15. The van der Waals surface area contributed by atoms with Crippen LogP contribution in [0.1, 0.15) is 31.0 Å². The maximum atomic E-state index is 4.63. The molecule has 0 saturated carbocycles. The zero-order chi connectivity index (χ0) is 13.6. The normalized spacial score (nSPS) is 12.1. The van der Waals surface area contributed by atoms with Gasteiger partial charge < -0.3 is 10.3 Å². The SMILES string of the molecule is CNCc1[nH]c2nc3ccc(C(C)C)cc3n2c1Br. The van der Waals surface area contributed by atoms with Crippen LogP contribution >= 0.6 is 15.9 Å². The molecule has 19 heavy (non-hydrogen) atoms. The first kappa shape index (κ1) is 12.7. The van der Waals surface area contributed by atoms with Crippen LogP contribution in [0.25, 0.3) is 16.8 Å². The van der Waals surface area contributed by atoms with Gasteiger partial charge in [-0.1, -0.05) is 19.9 Å². The Labute approximate surface area is 120 Å². The van der Waals surface area contributed by atoms with Crippen LogP contribution in [0.3, 0.4) is 0 Å². The molecule has 0 saturated heterocycles. The highest BCUT2D eigenvalue weighted by Crippen LogP contribution is 2.27. The number of hydrogen-bond acceptors (Lipinski definition) is 2. The van der Waals surface area contributed by atoms with Gasteiger partial charge in [-0.3, -0.25) is 4.40 Å². The van der Waals surface area contributed by atoms with Gasteiger partial charge in [0.2, 0.25) is 5.78 Å². The van der Waals surface area contributed by atoms with Crippen molar-refractivity contribution in [2.75, 3.05) is 7.05 Å². The fourth-order valence-corrected chi connectivity index (χ4v) is 2.95. The highest BCUT2D eigenvalue weighted by atomic mass is 79.9. The molecule has 3 aromatic rings. The molecule has 1 aromatic carbocycles. The average molecular weight is 321 g/mol. The Balaban J connectivity index is 2.28. The van der Waals surface area contributed by atoms with E-state index in [9.17, 15) is 0 Å². The van der Waals surface area contributed by atoms with Gasteiger partial charge in [-0.05, 0) is 46.6 Å². The van der Waals surface area contributed by atoms with Crippen molar-refractivity contribution in [1.29, 1.82) is 0 Å². The van der Waals surface area contributed by atoms with E-state index >= 15 is 0 Å². The molecular weight excluding hydrogens is 304 g/mol. The number of nitrogens with zero attached hydrogens (tertiary/aromatic N) is 2. The minimum atomic E-state index is 0.518. The summed E-state index contributed by atoms with van der Waals surface area (Å²) >= 11 is 3.67. The van der Waals surface area contributed by atoms with Gasteiger partial charge in [0, 0.05) is 6.54 Å². The number of halogens is 1. The third-order valence-corrected chi connectivity index (χ3v) is 4.24. The molecule has 0 aliphatic heterocycles. The van der Waals surface area contributed by atoms with Gasteiger partial charge in [0.15, 0.2) is 0 Å². The molecule has 5 heteroatoms. The molecular formula is C14H17BrN4. The molecule has 0 radical (unpaired) electrons. The Morgan fingerprint density at radius 2 is 2.21 bits per heavy atom. The number of imidazole rings is 2. The highest BCUT2D eigenvalue weighted by Gasteiger charge is 2.14. The summed E-state index contributed by atoms with van der Waals surface area (Å²) < 4.78 is 3.17. The first-order chi connectivity index (χ1) is 9.11. The van der Waals surface area contributed by atoms with E-state index in [4.69, 9.17) is 0 Å². The average Bonchev–Trinajstić information content (AvgIpc) is 2.87. The van der Waals surface area contributed by atoms with Crippen molar-refractivity contribution in [3.05, 3.63) is 34.1 Å². The van der Waals surface area contributed by atoms with Gasteiger partial charge in [0.05, 0.1) is 16.7 Å². The lowest BCUT2D eigenvalue weighted by atomic mass is 10.0. The second-order valence-electron chi connectivity index (χ2n) is 5.10. The molecule has 0 aliphatic rings. The van der Waals surface area contributed by atoms with Crippen LogP contribution in [0, 0.1) is 0 Å². The van der Waals surface area contributed by atoms with E-state index in [0.29, 0.717) is 5.92 Å². The predicted molar refractivity (Wildman–Crippen MR) is 81.6 cm³/mol. The molecule has 2 N–H and O–H groups in total. The molecule has 0 fully saturated rings. The van der Waals surface area contributed by atoms with Gasteiger partial charge in [-0.2, -0.15) is 0 Å². The standard InChI is InChI=1S/C14H17BrN4/c1-8(2)9-4-5-10-12(6-9)19-13(15)11(7-16-3)18-14(19)17-10/h4-6,8,16H,7H2,1-3H3,(H,17,18). The maximum absolute atomic E-state index is 4.63. The predicted octanol–water partition coefficient (Wildman–Crippen LogP) is 3.42. The third-order valence-electron chi connectivity index (χ3n) is 3.41. The minimum absolute atomic E-state index is 0.518. The highest BCUT2D eigenvalue weighted by molar-refractivity contribution is 9.10. The summed E-state index contributed by atoms with van der Waals surface area (Å²) in [5.74, 6) is 1.40.